The average Bonchev–Trinajstić information content (AvgIpc) is 2.39. The lowest BCUT2D eigenvalue weighted by Gasteiger charge is -2.24. The lowest BCUT2D eigenvalue weighted by molar-refractivity contribution is 0.478. The van der Waals surface area contributed by atoms with Crippen molar-refractivity contribution in [2.45, 2.75) is 0 Å². The van der Waals surface area contributed by atoms with E-state index in [1.54, 1.807) is 0 Å². The summed E-state index contributed by atoms with van der Waals surface area (Å²) < 4.78 is 0. The molecule has 0 fully saturated rings. The molecule has 0 saturated heterocycles. The zero-order chi connectivity index (χ0) is 11.7. The van der Waals surface area contributed by atoms with Crippen LogP contribution in [0.25, 0.3) is 5.70 Å². The molecule has 2 nitrogen and oxygen atoms in total. The van der Waals surface area contributed by atoms with E-state index in [1.165, 1.54) is 16.5 Å². The SMILES string of the molecule is CN1CN=c2ccccc2=C1c1ccccc1. The van der Waals surface area contributed by atoms with Crippen molar-refractivity contribution in [2.24, 2.45) is 4.99 Å². The molecule has 2 aromatic carbocycles. The molecular formula is C15H14N2. The number of benzene rings is 2. The minimum absolute atomic E-state index is 0.723. The highest BCUT2D eigenvalue weighted by atomic mass is 15.2. The lowest BCUT2D eigenvalue weighted by atomic mass is 10.1. The smallest absolute Gasteiger partial charge is 0.110 e. The molecule has 0 aliphatic carbocycles. The molecule has 0 spiro atoms. The van der Waals surface area contributed by atoms with E-state index in [0.29, 0.717) is 0 Å². The zero-order valence-corrected chi connectivity index (χ0v) is 9.80. The van der Waals surface area contributed by atoms with Gasteiger partial charge in [-0.15, -0.1) is 0 Å². The molecule has 1 heterocycles. The van der Waals surface area contributed by atoms with Gasteiger partial charge in [0.15, 0.2) is 0 Å². The third-order valence-corrected chi connectivity index (χ3v) is 3.04. The fourth-order valence-corrected chi connectivity index (χ4v) is 2.24. The molecule has 0 saturated carbocycles. The summed E-state index contributed by atoms with van der Waals surface area (Å²) in [4.78, 5) is 6.75. The third kappa shape index (κ3) is 1.72. The molecule has 2 heteroatoms. The van der Waals surface area contributed by atoms with Gasteiger partial charge in [-0.2, -0.15) is 0 Å². The number of para-hydroxylation sites is 1. The summed E-state index contributed by atoms with van der Waals surface area (Å²) >= 11 is 0. The molecule has 0 bridgehead atoms. The van der Waals surface area contributed by atoms with Crippen LogP contribution in [0.15, 0.2) is 59.6 Å². The molecule has 3 rings (SSSR count). The van der Waals surface area contributed by atoms with E-state index in [2.05, 4.69) is 59.4 Å². The normalized spacial score (nSPS) is 14.2. The molecule has 0 atom stereocenters. The largest absolute Gasteiger partial charge is 0.354 e. The van der Waals surface area contributed by atoms with E-state index in [1.807, 2.05) is 12.1 Å². The van der Waals surface area contributed by atoms with Crippen LogP contribution >= 0.6 is 0 Å². The number of nitrogens with zero attached hydrogens (tertiary/aromatic N) is 2. The van der Waals surface area contributed by atoms with Crippen LogP contribution in [0.3, 0.4) is 0 Å². The van der Waals surface area contributed by atoms with Crippen LogP contribution in [-0.2, 0) is 0 Å². The van der Waals surface area contributed by atoms with Crippen LogP contribution in [0, 0.1) is 0 Å². The molecule has 0 radical (unpaired) electrons. The molecule has 0 aromatic heterocycles. The first-order valence-electron chi connectivity index (χ1n) is 5.76. The van der Waals surface area contributed by atoms with Gasteiger partial charge in [0, 0.05) is 12.3 Å². The van der Waals surface area contributed by atoms with Gasteiger partial charge < -0.3 is 4.90 Å². The fourth-order valence-electron chi connectivity index (χ4n) is 2.24. The van der Waals surface area contributed by atoms with Crippen LogP contribution in [0.2, 0.25) is 0 Å². The minimum atomic E-state index is 0.723. The Morgan fingerprint density at radius 1 is 0.941 bits per heavy atom. The van der Waals surface area contributed by atoms with Crippen molar-refractivity contribution in [3.63, 3.8) is 0 Å². The van der Waals surface area contributed by atoms with Gasteiger partial charge >= 0.3 is 0 Å². The zero-order valence-electron chi connectivity index (χ0n) is 9.80. The molecular weight excluding hydrogens is 208 g/mol. The van der Waals surface area contributed by atoms with Crippen LogP contribution in [0.1, 0.15) is 5.56 Å². The van der Waals surface area contributed by atoms with Gasteiger partial charge in [-0.1, -0.05) is 48.5 Å². The number of fused-ring (bicyclic) bond motifs is 1. The van der Waals surface area contributed by atoms with E-state index >= 15 is 0 Å². The minimum Gasteiger partial charge on any atom is -0.354 e. The fraction of sp³-hybridized carbons (Fsp3) is 0.133. The highest BCUT2D eigenvalue weighted by Gasteiger charge is 2.11. The van der Waals surface area contributed by atoms with E-state index < -0.39 is 0 Å². The molecule has 84 valence electrons. The Balaban J connectivity index is 2.37. The summed E-state index contributed by atoms with van der Waals surface area (Å²) in [6.45, 7) is 0.723. The van der Waals surface area contributed by atoms with E-state index in [4.69, 9.17) is 0 Å². The van der Waals surface area contributed by atoms with E-state index in [-0.39, 0.29) is 0 Å². The van der Waals surface area contributed by atoms with Crippen molar-refractivity contribution in [1.29, 1.82) is 0 Å². The summed E-state index contributed by atoms with van der Waals surface area (Å²) in [7, 11) is 2.09. The molecule has 0 unspecified atom stereocenters. The highest BCUT2D eigenvalue weighted by molar-refractivity contribution is 5.64. The topological polar surface area (TPSA) is 15.6 Å². The Kier molecular flexibility index (Phi) is 2.41. The monoisotopic (exact) mass is 222 g/mol. The maximum absolute atomic E-state index is 4.55. The summed E-state index contributed by atoms with van der Waals surface area (Å²) in [5.74, 6) is 0. The Labute approximate surface area is 101 Å². The van der Waals surface area contributed by atoms with Crippen molar-refractivity contribution in [3.05, 3.63) is 70.7 Å². The van der Waals surface area contributed by atoms with Crippen LogP contribution < -0.4 is 10.6 Å². The molecule has 2 aromatic rings. The van der Waals surface area contributed by atoms with Gasteiger partial charge in [-0.3, -0.25) is 4.99 Å². The van der Waals surface area contributed by atoms with Crippen molar-refractivity contribution < 1.29 is 0 Å². The quantitative estimate of drug-likeness (QED) is 0.711. The van der Waals surface area contributed by atoms with E-state index in [0.717, 1.165) is 12.0 Å². The maximum atomic E-state index is 4.55. The van der Waals surface area contributed by atoms with Gasteiger partial charge in [-0.05, 0) is 11.6 Å². The number of hydrogen-bond donors (Lipinski definition) is 0. The molecule has 17 heavy (non-hydrogen) atoms. The van der Waals surface area contributed by atoms with Gasteiger partial charge in [0.1, 0.15) is 6.67 Å². The van der Waals surface area contributed by atoms with Gasteiger partial charge in [0.2, 0.25) is 0 Å². The summed E-state index contributed by atoms with van der Waals surface area (Å²) in [6.07, 6.45) is 0. The number of rotatable bonds is 1. The van der Waals surface area contributed by atoms with Crippen LogP contribution in [0.5, 0.6) is 0 Å². The van der Waals surface area contributed by atoms with Gasteiger partial charge in [0.25, 0.3) is 0 Å². The number of hydrogen-bond acceptors (Lipinski definition) is 2. The molecule has 0 N–H and O–H groups in total. The predicted molar refractivity (Wildman–Crippen MR) is 68.8 cm³/mol. The Hall–Kier alpha value is -2.09. The summed E-state index contributed by atoms with van der Waals surface area (Å²) in [6, 6.07) is 18.8. The molecule has 1 aliphatic heterocycles. The summed E-state index contributed by atoms with van der Waals surface area (Å²) in [5.41, 5.74) is 2.51. The molecule has 1 aliphatic rings. The first kappa shape index (κ1) is 10.1. The highest BCUT2D eigenvalue weighted by Crippen LogP contribution is 2.14. The third-order valence-electron chi connectivity index (χ3n) is 3.04. The second-order valence-electron chi connectivity index (χ2n) is 4.23. The standard InChI is InChI=1S/C15H14N2/c1-17-11-16-14-10-6-5-9-13(14)15(17)12-7-3-2-4-8-12/h2-10H,11H2,1H3. The van der Waals surface area contributed by atoms with E-state index in [9.17, 15) is 0 Å². The van der Waals surface area contributed by atoms with Crippen molar-refractivity contribution in [1.82, 2.24) is 4.90 Å². The Morgan fingerprint density at radius 2 is 1.65 bits per heavy atom. The van der Waals surface area contributed by atoms with Crippen molar-refractivity contribution >= 4 is 5.70 Å². The predicted octanol–water partition coefficient (Wildman–Crippen LogP) is 1.37. The van der Waals surface area contributed by atoms with Gasteiger partial charge in [0.05, 0.1) is 11.1 Å². The van der Waals surface area contributed by atoms with Crippen molar-refractivity contribution in [2.75, 3.05) is 13.7 Å². The van der Waals surface area contributed by atoms with Crippen molar-refractivity contribution in [3.8, 4) is 0 Å². The molecule has 0 amide bonds. The van der Waals surface area contributed by atoms with Crippen LogP contribution in [0.4, 0.5) is 0 Å². The van der Waals surface area contributed by atoms with Gasteiger partial charge in [-0.25, -0.2) is 0 Å². The Morgan fingerprint density at radius 3 is 2.47 bits per heavy atom. The maximum Gasteiger partial charge on any atom is 0.110 e. The first-order chi connectivity index (χ1) is 8.36. The van der Waals surface area contributed by atoms with Crippen LogP contribution in [-0.4, -0.2) is 18.6 Å². The first-order valence-corrected chi connectivity index (χ1v) is 5.76. The lowest BCUT2D eigenvalue weighted by Crippen LogP contribution is -2.38. The summed E-state index contributed by atoms with van der Waals surface area (Å²) in [5, 5.41) is 2.30. The second-order valence-corrected chi connectivity index (χ2v) is 4.23. The second kappa shape index (κ2) is 4.06. The average molecular weight is 222 g/mol. The Bertz CT molecular complexity index is 644.